The largest absolute Gasteiger partial charge is 0.384 e. The molecule has 0 aliphatic heterocycles. The van der Waals surface area contributed by atoms with E-state index in [1.807, 2.05) is 49.7 Å². The third kappa shape index (κ3) is 4.99. The summed E-state index contributed by atoms with van der Waals surface area (Å²) < 4.78 is 12.7. The number of rotatable bonds is 10. The molecule has 0 amide bonds. The van der Waals surface area contributed by atoms with Crippen LogP contribution in [0.25, 0.3) is 11.0 Å². The average Bonchev–Trinajstić information content (AvgIpc) is 3.04. The Bertz CT molecular complexity index is 955. The Labute approximate surface area is 171 Å². The van der Waals surface area contributed by atoms with Crippen molar-refractivity contribution in [2.75, 3.05) is 51.2 Å². The van der Waals surface area contributed by atoms with Crippen molar-refractivity contribution in [1.29, 1.82) is 0 Å². The number of aryl methyl sites for hydroxylation is 1. The molecule has 3 rings (SSSR count). The predicted molar refractivity (Wildman–Crippen MR) is 114 cm³/mol. The lowest BCUT2D eigenvalue weighted by Crippen LogP contribution is -2.15. The van der Waals surface area contributed by atoms with Gasteiger partial charge in [0.05, 0.1) is 25.5 Å². The summed E-state index contributed by atoms with van der Waals surface area (Å²) in [6.07, 6.45) is 2.44. The highest BCUT2D eigenvalue weighted by atomic mass is 16.5. The predicted octanol–water partition coefficient (Wildman–Crippen LogP) is 2.56. The van der Waals surface area contributed by atoms with Crippen molar-refractivity contribution in [3.8, 4) is 0 Å². The number of hydrogen-bond donors (Lipinski definition) is 1. The van der Waals surface area contributed by atoms with Gasteiger partial charge in [-0.15, -0.1) is 0 Å². The van der Waals surface area contributed by atoms with Gasteiger partial charge in [0.15, 0.2) is 5.82 Å². The molecule has 3 heterocycles. The zero-order valence-corrected chi connectivity index (χ0v) is 17.8. The lowest BCUT2D eigenvalue weighted by Gasteiger charge is -2.14. The van der Waals surface area contributed by atoms with Crippen molar-refractivity contribution in [2.45, 2.75) is 26.8 Å². The van der Waals surface area contributed by atoms with Gasteiger partial charge in [-0.1, -0.05) is 0 Å². The standard InChI is InChI=1S/C20H29N7O2/c1-6-29-12-10-27-18-17(15(25-27)8-11-28-5)23-20(26(3)4)24-19(18)22-16-13-14(2)7-9-21-16/h7,9,13H,6,8,10-12H2,1-5H3,(H,21,22,23,24). The maximum absolute atomic E-state index is 5.55. The quantitative estimate of drug-likeness (QED) is 0.520. The molecule has 0 saturated carbocycles. The Morgan fingerprint density at radius 3 is 2.72 bits per heavy atom. The lowest BCUT2D eigenvalue weighted by molar-refractivity contribution is 0.137. The van der Waals surface area contributed by atoms with Crippen LogP contribution in [0.2, 0.25) is 0 Å². The number of methoxy groups -OCH3 is 1. The van der Waals surface area contributed by atoms with E-state index in [-0.39, 0.29) is 0 Å². The number of fused-ring (bicyclic) bond motifs is 1. The number of nitrogens with zero attached hydrogens (tertiary/aromatic N) is 6. The molecule has 0 saturated heterocycles. The molecule has 29 heavy (non-hydrogen) atoms. The molecule has 0 atom stereocenters. The summed E-state index contributed by atoms with van der Waals surface area (Å²) in [7, 11) is 5.53. The number of hydrogen-bond acceptors (Lipinski definition) is 8. The molecule has 0 aliphatic carbocycles. The van der Waals surface area contributed by atoms with Gasteiger partial charge in [0.2, 0.25) is 5.95 Å². The maximum Gasteiger partial charge on any atom is 0.227 e. The molecule has 1 N–H and O–H groups in total. The average molecular weight is 399 g/mol. The van der Waals surface area contributed by atoms with E-state index in [9.17, 15) is 0 Å². The van der Waals surface area contributed by atoms with E-state index >= 15 is 0 Å². The molecule has 3 aromatic rings. The second-order valence-corrected chi connectivity index (χ2v) is 6.92. The third-order valence-electron chi connectivity index (χ3n) is 4.40. The second kappa shape index (κ2) is 9.62. The molecule has 0 spiro atoms. The molecule has 0 fully saturated rings. The van der Waals surface area contributed by atoms with Gasteiger partial charge < -0.3 is 19.7 Å². The molecular weight excluding hydrogens is 370 g/mol. The summed E-state index contributed by atoms with van der Waals surface area (Å²) in [4.78, 5) is 15.8. The second-order valence-electron chi connectivity index (χ2n) is 6.92. The fourth-order valence-electron chi connectivity index (χ4n) is 2.97. The first-order valence-electron chi connectivity index (χ1n) is 9.74. The van der Waals surface area contributed by atoms with Crippen LogP contribution in [0.4, 0.5) is 17.6 Å². The van der Waals surface area contributed by atoms with Gasteiger partial charge in [-0.3, -0.25) is 4.68 Å². The Hall–Kier alpha value is -2.78. The van der Waals surface area contributed by atoms with E-state index in [4.69, 9.17) is 24.5 Å². The summed E-state index contributed by atoms with van der Waals surface area (Å²) in [6, 6.07) is 3.94. The van der Waals surface area contributed by atoms with Gasteiger partial charge in [-0.2, -0.15) is 10.1 Å². The normalized spacial score (nSPS) is 11.2. The minimum absolute atomic E-state index is 0.564. The van der Waals surface area contributed by atoms with E-state index in [0.29, 0.717) is 44.6 Å². The van der Waals surface area contributed by atoms with Crippen LogP contribution in [0.3, 0.4) is 0 Å². The van der Waals surface area contributed by atoms with Crippen LogP contribution in [-0.4, -0.2) is 65.8 Å². The zero-order chi connectivity index (χ0) is 20.8. The molecule has 0 aromatic carbocycles. The highest BCUT2D eigenvalue weighted by Crippen LogP contribution is 2.28. The molecule has 0 unspecified atom stereocenters. The van der Waals surface area contributed by atoms with Crippen LogP contribution >= 0.6 is 0 Å². The Balaban J connectivity index is 2.13. The Kier molecular flexibility index (Phi) is 6.95. The topological polar surface area (TPSA) is 90.2 Å². The minimum atomic E-state index is 0.564. The van der Waals surface area contributed by atoms with Crippen molar-refractivity contribution < 1.29 is 9.47 Å². The number of nitrogens with one attached hydrogen (secondary N) is 1. The monoisotopic (exact) mass is 399 g/mol. The first kappa shape index (κ1) is 20.9. The fraction of sp³-hybridized carbons (Fsp3) is 0.500. The minimum Gasteiger partial charge on any atom is -0.384 e. The van der Waals surface area contributed by atoms with Gasteiger partial charge >= 0.3 is 0 Å². The van der Waals surface area contributed by atoms with E-state index in [2.05, 4.69) is 10.3 Å². The van der Waals surface area contributed by atoms with E-state index in [1.54, 1.807) is 13.3 Å². The molecule has 0 aliphatic rings. The van der Waals surface area contributed by atoms with E-state index in [0.717, 1.165) is 28.1 Å². The number of anilines is 3. The summed E-state index contributed by atoms with van der Waals surface area (Å²) in [6.45, 7) is 6.42. The number of ether oxygens (including phenoxy) is 2. The molecule has 0 bridgehead atoms. The van der Waals surface area contributed by atoms with Gasteiger partial charge in [-0.05, 0) is 31.5 Å². The van der Waals surface area contributed by atoms with E-state index < -0.39 is 0 Å². The Morgan fingerprint density at radius 2 is 2.03 bits per heavy atom. The molecule has 9 heteroatoms. The first-order valence-corrected chi connectivity index (χ1v) is 9.74. The summed E-state index contributed by atoms with van der Waals surface area (Å²) in [5.74, 6) is 2.01. The SMILES string of the molecule is CCOCCn1nc(CCOC)c2nc(N(C)C)nc(Nc3cc(C)ccn3)c21. The highest BCUT2D eigenvalue weighted by molar-refractivity contribution is 5.90. The van der Waals surface area contributed by atoms with Crippen LogP contribution in [-0.2, 0) is 22.4 Å². The van der Waals surface area contributed by atoms with Crippen molar-refractivity contribution in [2.24, 2.45) is 0 Å². The van der Waals surface area contributed by atoms with Crippen LogP contribution in [0, 0.1) is 6.92 Å². The first-order chi connectivity index (χ1) is 14.0. The van der Waals surface area contributed by atoms with Crippen molar-refractivity contribution in [3.05, 3.63) is 29.6 Å². The zero-order valence-electron chi connectivity index (χ0n) is 17.8. The van der Waals surface area contributed by atoms with Crippen molar-refractivity contribution in [1.82, 2.24) is 24.7 Å². The number of aromatic nitrogens is 5. The molecule has 3 aromatic heterocycles. The van der Waals surface area contributed by atoms with Crippen molar-refractivity contribution >= 4 is 28.6 Å². The van der Waals surface area contributed by atoms with Crippen LogP contribution < -0.4 is 10.2 Å². The molecule has 156 valence electrons. The van der Waals surface area contributed by atoms with Crippen molar-refractivity contribution in [3.63, 3.8) is 0 Å². The smallest absolute Gasteiger partial charge is 0.227 e. The molecule has 0 radical (unpaired) electrons. The fourth-order valence-corrected chi connectivity index (χ4v) is 2.97. The van der Waals surface area contributed by atoms with Gasteiger partial charge in [0.25, 0.3) is 0 Å². The Morgan fingerprint density at radius 1 is 1.21 bits per heavy atom. The van der Waals surface area contributed by atoms with Crippen LogP contribution in [0.15, 0.2) is 18.3 Å². The maximum atomic E-state index is 5.55. The van der Waals surface area contributed by atoms with Gasteiger partial charge in [0.1, 0.15) is 16.9 Å². The van der Waals surface area contributed by atoms with Gasteiger partial charge in [-0.25, -0.2) is 9.97 Å². The summed E-state index contributed by atoms with van der Waals surface area (Å²) >= 11 is 0. The summed E-state index contributed by atoms with van der Waals surface area (Å²) in [5, 5.41) is 8.16. The van der Waals surface area contributed by atoms with Crippen LogP contribution in [0.1, 0.15) is 18.2 Å². The molecule has 9 nitrogen and oxygen atoms in total. The number of pyridine rings is 1. The third-order valence-corrected chi connectivity index (χ3v) is 4.40. The highest BCUT2D eigenvalue weighted by Gasteiger charge is 2.20. The van der Waals surface area contributed by atoms with Gasteiger partial charge in [0, 0.05) is 40.4 Å². The molecular formula is C20H29N7O2. The summed E-state index contributed by atoms with van der Waals surface area (Å²) in [5.41, 5.74) is 3.65. The lowest BCUT2D eigenvalue weighted by atomic mass is 10.2. The van der Waals surface area contributed by atoms with E-state index in [1.165, 1.54) is 0 Å². The van der Waals surface area contributed by atoms with Crippen LogP contribution in [0.5, 0.6) is 0 Å².